The van der Waals surface area contributed by atoms with Gasteiger partial charge in [-0.2, -0.15) is 0 Å². The fraction of sp³-hybridized carbons (Fsp3) is 0.200. The lowest BCUT2D eigenvalue weighted by Crippen LogP contribution is -2.25. The highest BCUT2D eigenvalue weighted by Crippen LogP contribution is 2.31. The van der Waals surface area contributed by atoms with E-state index in [1.54, 1.807) is 18.4 Å². The molecule has 0 aliphatic carbocycles. The van der Waals surface area contributed by atoms with Crippen molar-refractivity contribution in [2.75, 3.05) is 7.05 Å². The molecule has 0 aliphatic rings. The Labute approximate surface area is 159 Å². The highest BCUT2D eigenvalue weighted by atomic mass is 32.1. The molecule has 1 atom stereocenters. The Hall–Kier alpha value is -2.77. The zero-order valence-corrected chi connectivity index (χ0v) is 15.7. The molecule has 138 valence electrons. The number of thiophene rings is 1. The number of aromatic amines is 1. The highest BCUT2D eigenvalue weighted by Gasteiger charge is 2.19. The van der Waals surface area contributed by atoms with E-state index >= 15 is 0 Å². The lowest BCUT2D eigenvalue weighted by Gasteiger charge is -2.24. The van der Waals surface area contributed by atoms with Crippen molar-refractivity contribution in [3.63, 3.8) is 0 Å². The largest absolute Gasteiger partial charge is 0.464 e. The molecule has 4 rings (SSSR count). The molecular weight excluding hydrogens is 365 g/mol. The summed E-state index contributed by atoms with van der Waals surface area (Å²) in [6, 6.07) is 9.98. The Bertz CT molecular complexity index is 1130. The molecule has 0 saturated heterocycles. The minimum atomic E-state index is -0.259. The standard InChI is InChI=1S/C20H18FN3O2S/c1-12(24(2)10-13-5-3-6-14(21)9-13)18-22-19(25)17-15(11-27-20(17)23-18)16-7-4-8-26-16/h3-9,11-12H,10H2,1-2H3,(H,22,23,25)/t12-/m0/s1. The van der Waals surface area contributed by atoms with Crippen LogP contribution in [0.3, 0.4) is 0 Å². The number of H-pyrrole nitrogens is 1. The van der Waals surface area contributed by atoms with Gasteiger partial charge in [0, 0.05) is 17.5 Å². The van der Waals surface area contributed by atoms with Gasteiger partial charge in [0.25, 0.3) is 5.56 Å². The summed E-state index contributed by atoms with van der Waals surface area (Å²) in [5.74, 6) is 0.974. The van der Waals surface area contributed by atoms with Crippen molar-refractivity contribution in [3.8, 4) is 11.3 Å². The predicted molar refractivity (Wildman–Crippen MR) is 104 cm³/mol. The fourth-order valence-corrected chi connectivity index (χ4v) is 3.98. The van der Waals surface area contributed by atoms with Gasteiger partial charge in [0.15, 0.2) is 0 Å². The molecule has 0 spiro atoms. The van der Waals surface area contributed by atoms with Gasteiger partial charge in [0.05, 0.1) is 17.7 Å². The van der Waals surface area contributed by atoms with Gasteiger partial charge in [-0.25, -0.2) is 9.37 Å². The molecule has 0 fully saturated rings. The van der Waals surface area contributed by atoms with E-state index in [-0.39, 0.29) is 17.4 Å². The van der Waals surface area contributed by atoms with Crippen molar-refractivity contribution < 1.29 is 8.81 Å². The summed E-state index contributed by atoms with van der Waals surface area (Å²) in [6.07, 6.45) is 1.58. The third-order valence-corrected chi connectivity index (χ3v) is 5.50. The van der Waals surface area contributed by atoms with Gasteiger partial charge in [0.2, 0.25) is 0 Å². The molecule has 4 aromatic rings. The number of nitrogens with zero attached hydrogens (tertiary/aromatic N) is 2. The molecule has 5 nitrogen and oxygen atoms in total. The number of benzene rings is 1. The second-order valence-electron chi connectivity index (χ2n) is 6.48. The molecule has 0 saturated carbocycles. The summed E-state index contributed by atoms with van der Waals surface area (Å²) in [5, 5.41) is 2.43. The molecule has 0 amide bonds. The molecule has 7 heteroatoms. The molecule has 0 unspecified atom stereocenters. The lowest BCUT2D eigenvalue weighted by molar-refractivity contribution is 0.243. The van der Waals surface area contributed by atoms with Crippen molar-refractivity contribution in [1.29, 1.82) is 0 Å². The van der Waals surface area contributed by atoms with E-state index in [2.05, 4.69) is 9.97 Å². The van der Waals surface area contributed by atoms with Crippen LogP contribution in [0.4, 0.5) is 4.39 Å². The van der Waals surface area contributed by atoms with Crippen LogP contribution in [0.1, 0.15) is 24.4 Å². The second-order valence-corrected chi connectivity index (χ2v) is 7.34. The van der Waals surface area contributed by atoms with Crippen LogP contribution in [0, 0.1) is 5.82 Å². The molecule has 0 bridgehead atoms. The Morgan fingerprint density at radius 1 is 1.33 bits per heavy atom. The van der Waals surface area contributed by atoms with Crippen molar-refractivity contribution in [3.05, 3.63) is 75.6 Å². The van der Waals surface area contributed by atoms with Crippen LogP contribution < -0.4 is 5.56 Å². The molecule has 3 heterocycles. The first-order valence-corrected chi connectivity index (χ1v) is 9.41. The minimum absolute atomic E-state index is 0.139. The fourth-order valence-electron chi connectivity index (χ4n) is 3.05. The van der Waals surface area contributed by atoms with Gasteiger partial charge in [-0.3, -0.25) is 9.69 Å². The van der Waals surface area contributed by atoms with Crippen LogP contribution in [-0.4, -0.2) is 21.9 Å². The summed E-state index contributed by atoms with van der Waals surface area (Å²) in [4.78, 5) is 22.9. The number of hydrogen-bond acceptors (Lipinski definition) is 5. The monoisotopic (exact) mass is 383 g/mol. The first kappa shape index (κ1) is 17.6. The molecule has 1 aromatic carbocycles. The zero-order valence-electron chi connectivity index (χ0n) is 14.9. The number of halogens is 1. The Balaban J connectivity index is 1.64. The predicted octanol–water partition coefficient (Wildman–Crippen LogP) is 4.58. The summed E-state index contributed by atoms with van der Waals surface area (Å²) in [5.41, 5.74) is 1.43. The van der Waals surface area contributed by atoms with Crippen LogP contribution in [0.25, 0.3) is 21.5 Å². The van der Waals surface area contributed by atoms with Crippen LogP contribution in [-0.2, 0) is 6.54 Å². The average molecular weight is 383 g/mol. The maximum Gasteiger partial charge on any atom is 0.260 e. The molecule has 3 aromatic heterocycles. The first-order valence-electron chi connectivity index (χ1n) is 8.53. The topological polar surface area (TPSA) is 62.1 Å². The average Bonchev–Trinajstić information content (AvgIpc) is 3.30. The molecule has 1 N–H and O–H groups in total. The third kappa shape index (κ3) is 3.43. The van der Waals surface area contributed by atoms with Gasteiger partial charge in [-0.05, 0) is 43.8 Å². The van der Waals surface area contributed by atoms with E-state index in [4.69, 9.17) is 4.42 Å². The van der Waals surface area contributed by atoms with Crippen molar-refractivity contribution >= 4 is 21.6 Å². The maximum absolute atomic E-state index is 13.4. The Morgan fingerprint density at radius 2 is 2.19 bits per heavy atom. The van der Waals surface area contributed by atoms with E-state index in [0.29, 0.717) is 28.3 Å². The Kier molecular flexibility index (Phi) is 4.63. The summed E-state index contributed by atoms with van der Waals surface area (Å²) in [6.45, 7) is 2.51. The SMILES string of the molecule is C[C@@H](c1nc2scc(-c3ccco3)c2c(=O)[nH]1)N(C)Cc1cccc(F)c1. The van der Waals surface area contributed by atoms with Gasteiger partial charge >= 0.3 is 0 Å². The number of fused-ring (bicyclic) bond motifs is 1. The number of rotatable bonds is 5. The van der Waals surface area contributed by atoms with Gasteiger partial charge < -0.3 is 9.40 Å². The summed E-state index contributed by atoms with van der Waals surface area (Å²) >= 11 is 1.42. The first-order chi connectivity index (χ1) is 13.0. The quantitative estimate of drug-likeness (QED) is 0.548. The minimum Gasteiger partial charge on any atom is -0.464 e. The van der Waals surface area contributed by atoms with E-state index in [0.717, 1.165) is 11.1 Å². The molecule has 0 radical (unpaired) electrons. The zero-order chi connectivity index (χ0) is 19.0. The molecular formula is C20H18FN3O2S. The van der Waals surface area contributed by atoms with Crippen LogP contribution in [0.2, 0.25) is 0 Å². The Morgan fingerprint density at radius 3 is 2.93 bits per heavy atom. The lowest BCUT2D eigenvalue weighted by atomic mass is 10.1. The second kappa shape index (κ2) is 7.09. The van der Waals surface area contributed by atoms with Gasteiger partial charge in [0.1, 0.15) is 22.2 Å². The van der Waals surface area contributed by atoms with Crippen molar-refractivity contribution in [2.45, 2.75) is 19.5 Å². The third-order valence-electron chi connectivity index (χ3n) is 4.63. The summed E-state index contributed by atoms with van der Waals surface area (Å²) in [7, 11) is 1.92. The maximum atomic E-state index is 13.4. The number of furan rings is 1. The molecule has 27 heavy (non-hydrogen) atoms. The highest BCUT2D eigenvalue weighted by molar-refractivity contribution is 7.17. The van der Waals surface area contributed by atoms with E-state index in [9.17, 15) is 9.18 Å². The van der Waals surface area contributed by atoms with Crippen LogP contribution in [0.5, 0.6) is 0 Å². The normalized spacial score (nSPS) is 12.7. The number of aromatic nitrogens is 2. The number of nitrogens with one attached hydrogen (secondary N) is 1. The van der Waals surface area contributed by atoms with Crippen molar-refractivity contribution in [1.82, 2.24) is 14.9 Å². The molecule has 0 aliphatic heterocycles. The van der Waals surface area contributed by atoms with Crippen LogP contribution >= 0.6 is 11.3 Å². The van der Waals surface area contributed by atoms with E-state index < -0.39 is 0 Å². The van der Waals surface area contributed by atoms with Gasteiger partial charge in [-0.15, -0.1) is 11.3 Å². The smallest absolute Gasteiger partial charge is 0.260 e. The van der Waals surface area contributed by atoms with E-state index in [1.165, 1.54) is 23.5 Å². The van der Waals surface area contributed by atoms with Crippen molar-refractivity contribution in [2.24, 2.45) is 0 Å². The van der Waals surface area contributed by atoms with E-state index in [1.807, 2.05) is 36.4 Å². The number of hydrogen-bond donors (Lipinski definition) is 1. The van der Waals surface area contributed by atoms with Crippen LogP contribution in [0.15, 0.2) is 57.3 Å². The van der Waals surface area contributed by atoms with Gasteiger partial charge in [-0.1, -0.05) is 12.1 Å². The summed E-state index contributed by atoms with van der Waals surface area (Å²) < 4.78 is 18.8.